The van der Waals surface area contributed by atoms with Crippen molar-refractivity contribution >= 4 is 27.3 Å². The maximum atomic E-state index is 12.8. The lowest BCUT2D eigenvalue weighted by Gasteiger charge is -2.17. The van der Waals surface area contributed by atoms with E-state index in [1.807, 2.05) is 30.3 Å². The molecule has 0 aromatic heterocycles. The van der Waals surface area contributed by atoms with Gasteiger partial charge in [0.05, 0.1) is 9.82 Å². The van der Waals surface area contributed by atoms with E-state index in [4.69, 9.17) is 0 Å². The van der Waals surface area contributed by atoms with E-state index in [-0.39, 0.29) is 22.7 Å². The molecule has 0 fully saturated rings. The second-order valence-electron chi connectivity index (χ2n) is 6.50. The van der Waals surface area contributed by atoms with Crippen LogP contribution in [-0.2, 0) is 16.6 Å². The number of sulfonamides is 1. The van der Waals surface area contributed by atoms with E-state index in [9.17, 15) is 23.3 Å². The highest BCUT2D eigenvalue weighted by atomic mass is 32.2. The molecule has 0 aliphatic heterocycles. The molecule has 0 saturated heterocycles. The van der Waals surface area contributed by atoms with Gasteiger partial charge in [-0.2, -0.15) is 4.31 Å². The lowest BCUT2D eigenvalue weighted by molar-refractivity contribution is -0.385. The summed E-state index contributed by atoms with van der Waals surface area (Å²) < 4.78 is 26.8. The first kappa shape index (κ1) is 21.2. The highest BCUT2D eigenvalue weighted by Gasteiger charge is 2.22. The molecule has 9 heteroatoms. The Kier molecular flexibility index (Phi) is 6.24. The summed E-state index contributed by atoms with van der Waals surface area (Å²) >= 11 is 0. The van der Waals surface area contributed by atoms with Crippen molar-refractivity contribution in [1.82, 2.24) is 4.31 Å². The molecule has 1 N–H and O–H groups in total. The average molecular weight is 425 g/mol. The molecule has 0 bridgehead atoms. The molecule has 3 aromatic carbocycles. The Morgan fingerprint density at radius 2 is 1.57 bits per heavy atom. The number of nitrogens with zero attached hydrogens (tertiary/aromatic N) is 2. The molecule has 1 amide bonds. The molecule has 154 valence electrons. The van der Waals surface area contributed by atoms with Crippen molar-refractivity contribution in [3.05, 3.63) is 100 Å². The highest BCUT2D eigenvalue weighted by molar-refractivity contribution is 7.89. The summed E-state index contributed by atoms with van der Waals surface area (Å²) in [4.78, 5) is 22.9. The van der Waals surface area contributed by atoms with Crippen LogP contribution in [0.2, 0.25) is 0 Å². The van der Waals surface area contributed by atoms with Crippen LogP contribution >= 0.6 is 0 Å². The van der Waals surface area contributed by atoms with Gasteiger partial charge in [-0.25, -0.2) is 8.42 Å². The molecule has 8 nitrogen and oxygen atoms in total. The summed E-state index contributed by atoms with van der Waals surface area (Å²) in [5, 5.41) is 13.6. The van der Waals surface area contributed by atoms with Gasteiger partial charge in [0.2, 0.25) is 10.0 Å². The number of nitro benzene ring substituents is 1. The van der Waals surface area contributed by atoms with Gasteiger partial charge >= 0.3 is 0 Å². The van der Waals surface area contributed by atoms with Crippen LogP contribution in [0.4, 0.5) is 11.4 Å². The fraction of sp³-hybridized carbons (Fsp3) is 0.0952. The number of para-hydroxylation sites is 1. The first-order valence-electron chi connectivity index (χ1n) is 8.94. The van der Waals surface area contributed by atoms with Crippen molar-refractivity contribution in [2.24, 2.45) is 0 Å². The number of rotatable bonds is 7. The minimum absolute atomic E-state index is 0.0737. The topological polar surface area (TPSA) is 110 Å². The van der Waals surface area contributed by atoms with Gasteiger partial charge in [0, 0.05) is 25.3 Å². The van der Waals surface area contributed by atoms with Crippen molar-refractivity contribution < 1.29 is 18.1 Å². The molecule has 0 aliphatic rings. The minimum Gasteiger partial charge on any atom is -0.322 e. The van der Waals surface area contributed by atoms with Gasteiger partial charge in [0.1, 0.15) is 5.56 Å². The number of hydrogen-bond donors (Lipinski definition) is 1. The van der Waals surface area contributed by atoms with Crippen molar-refractivity contribution in [2.45, 2.75) is 11.4 Å². The predicted octanol–water partition coefficient (Wildman–Crippen LogP) is 3.67. The van der Waals surface area contributed by atoms with Crippen LogP contribution in [-0.4, -0.2) is 30.6 Å². The Labute approximate surface area is 174 Å². The smallest absolute Gasteiger partial charge is 0.282 e. The van der Waals surface area contributed by atoms with E-state index in [1.165, 1.54) is 59.9 Å². The van der Waals surface area contributed by atoms with Gasteiger partial charge in [0.15, 0.2) is 0 Å². The van der Waals surface area contributed by atoms with Crippen LogP contribution < -0.4 is 5.32 Å². The van der Waals surface area contributed by atoms with E-state index >= 15 is 0 Å². The lowest BCUT2D eigenvalue weighted by Crippen LogP contribution is -2.26. The maximum Gasteiger partial charge on any atom is 0.282 e. The molecule has 0 unspecified atom stereocenters. The molecule has 0 radical (unpaired) electrons. The Bertz CT molecular complexity index is 1160. The fourth-order valence-electron chi connectivity index (χ4n) is 2.84. The molecular formula is C21H19N3O5S. The summed E-state index contributed by atoms with van der Waals surface area (Å²) in [6.45, 7) is 0.222. The predicted molar refractivity (Wildman–Crippen MR) is 113 cm³/mol. The zero-order chi connectivity index (χ0) is 21.7. The van der Waals surface area contributed by atoms with E-state index in [1.54, 1.807) is 0 Å². The zero-order valence-electron chi connectivity index (χ0n) is 16.1. The molecule has 3 aromatic rings. The fourth-order valence-corrected chi connectivity index (χ4v) is 4.00. The van der Waals surface area contributed by atoms with Gasteiger partial charge < -0.3 is 5.32 Å². The number of nitrogens with one attached hydrogen (secondary N) is 1. The standard InChI is InChI=1S/C21H19N3O5S/c1-23(15-16-7-3-2-4-8-16)30(28,29)18-13-11-17(12-14-18)22-21(25)19-9-5-6-10-20(19)24(26)27/h2-14H,15H2,1H3,(H,22,25). The van der Waals surface area contributed by atoms with Crippen molar-refractivity contribution in [1.29, 1.82) is 0 Å². The molecule has 30 heavy (non-hydrogen) atoms. The summed E-state index contributed by atoms with van der Waals surface area (Å²) in [6, 6.07) is 20.5. The van der Waals surface area contributed by atoms with Crippen LogP contribution in [0.1, 0.15) is 15.9 Å². The van der Waals surface area contributed by atoms with Crippen LogP contribution in [0.15, 0.2) is 83.8 Å². The van der Waals surface area contributed by atoms with Crippen LogP contribution in [0.3, 0.4) is 0 Å². The Morgan fingerprint density at radius 3 is 2.20 bits per heavy atom. The molecule has 3 rings (SSSR count). The van der Waals surface area contributed by atoms with Crippen LogP contribution in [0, 0.1) is 10.1 Å². The number of carbonyl (C=O) groups excluding carboxylic acids is 1. The molecule has 0 atom stereocenters. The number of amides is 1. The van der Waals surface area contributed by atoms with Gasteiger partial charge in [-0.05, 0) is 35.9 Å². The number of nitro groups is 1. The quantitative estimate of drug-likeness (QED) is 0.459. The van der Waals surface area contributed by atoms with Crippen LogP contribution in [0.5, 0.6) is 0 Å². The Balaban J connectivity index is 1.74. The number of hydrogen-bond acceptors (Lipinski definition) is 5. The van der Waals surface area contributed by atoms with Crippen LogP contribution in [0.25, 0.3) is 0 Å². The maximum absolute atomic E-state index is 12.8. The van der Waals surface area contributed by atoms with Gasteiger partial charge in [-0.15, -0.1) is 0 Å². The summed E-state index contributed by atoms with van der Waals surface area (Å²) in [5.74, 6) is -0.654. The third kappa shape index (κ3) is 4.70. The summed E-state index contributed by atoms with van der Waals surface area (Å²) in [6.07, 6.45) is 0. The molecule has 0 spiro atoms. The average Bonchev–Trinajstić information content (AvgIpc) is 2.74. The van der Waals surface area contributed by atoms with Crippen molar-refractivity contribution in [3.8, 4) is 0 Å². The first-order valence-corrected chi connectivity index (χ1v) is 10.4. The second-order valence-corrected chi connectivity index (χ2v) is 8.54. The van der Waals surface area contributed by atoms with E-state index in [0.29, 0.717) is 5.69 Å². The van der Waals surface area contributed by atoms with Gasteiger partial charge in [-0.1, -0.05) is 42.5 Å². The minimum atomic E-state index is -3.72. The molecule has 0 heterocycles. The van der Waals surface area contributed by atoms with Gasteiger partial charge in [0.25, 0.3) is 11.6 Å². The zero-order valence-corrected chi connectivity index (χ0v) is 16.9. The van der Waals surface area contributed by atoms with Gasteiger partial charge in [-0.3, -0.25) is 14.9 Å². The number of carbonyl (C=O) groups is 1. The Hall–Kier alpha value is -3.56. The second kappa shape index (κ2) is 8.85. The lowest BCUT2D eigenvalue weighted by atomic mass is 10.1. The highest BCUT2D eigenvalue weighted by Crippen LogP contribution is 2.22. The summed E-state index contributed by atoms with van der Waals surface area (Å²) in [5.41, 5.74) is 0.790. The molecular weight excluding hydrogens is 406 g/mol. The Morgan fingerprint density at radius 1 is 0.967 bits per heavy atom. The normalized spacial score (nSPS) is 11.3. The third-order valence-electron chi connectivity index (χ3n) is 4.41. The molecule has 0 aliphatic carbocycles. The summed E-state index contributed by atoms with van der Waals surface area (Å²) in [7, 11) is -2.23. The largest absolute Gasteiger partial charge is 0.322 e. The van der Waals surface area contributed by atoms with Crippen molar-refractivity contribution in [2.75, 3.05) is 12.4 Å². The van der Waals surface area contributed by atoms with Crippen molar-refractivity contribution in [3.63, 3.8) is 0 Å². The van der Waals surface area contributed by atoms with E-state index in [2.05, 4.69) is 5.32 Å². The molecule has 0 saturated carbocycles. The first-order chi connectivity index (χ1) is 14.3. The van der Waals surface area contributed by atoms with E-state index in [0.717, 1.165) is 5.56 Å². The van der Waals surface area contributed by atoms with E-state index < -0.39 is 20.9 Å². The number of benzene rings is 3. The number of anilines is 1. The SMILES string of the molecule is CN(Cc1ccccc1)S(=O)(=O)c1ccc(NC(=O)c2ccccc2[N+](=O)[O-])cc1. The monoisotopic (exact) mass is 425 g/mol. The third-order valence-corrected chi connectivity index (χ3v) is 6.23.